The van der Waals surface area contributed by atoms with Crippen molar-refractivity contribution in [3.8, 4) is 0 Å². The zero-order chi connectivity index (χ0) is 51.5. The van der Waals surface area contributed by atoms with Crippen LogP contribution in [0, 0.1) is 0 Å². The van der Waals surface area contributed by atoms with E-state index in [0.717, 1.165) is 57.8 Å². The second kappa shape index (κ2) is 51.0. The highest BCUT2D eigenvalue weighted by molar-refractivity contribution is 7.45. The zero-order valence-corrected chi connectivity index (χ0v) is 48.1. The molecule has 0 aromatic carbocycles. The molecular formula is C60H117N2O7P. The Kier molecular flexibility index (Phi) is 49.9. The summed E-state index contributed by atoms with van der Waals surface area (Å²) in [4.78, 5) is 39.9. The van der Waals surface area contributed by atoms with Crippen molar-refractivity contribution >= 4 is 19.7 Å². The fraction of sp³-hybridized carbons (Fsp3) is 0.900. The van der Waals surface area contributed by atoms with Crippen LogP contribution in [0.3, 0.4) is 0 Å². The fourth-order valence-corrected chi connectivity index (χ4v) is 9.65. The topological polar surface area (TPSA) is 114 Å². The molecule has 3 unspecified atom stereocenters. The largest absolute Gasteiger partial charge is 0.756 e. The molecule has 0 radical (unpaired) electrons. The van der Waals surface area contributed by atoms with Crippen LogP contribution in [0.25, 0.3) is 0 Å². The van der Waals surface area contributed by atoms with Crippen molar-refractivity contribution in [2.75, 3.05) is 40.9 Å². The van der Waals surface area contributed by atoms with Crippen LogP contribution in [0.15, 0.2) is 24.3 Å². The summed E-state index contributed by atoms with van der Waals surface area (Å²) < 4.78 is 30.3. The molecule has 70 heavy (non-hydrogen) atoms. The minimum absolute atomic E-state index is 0.0191. The fourth-order valence-electron chi connectivity index (χ4n) is 8.93. The van der Waals surface area contributed by atoms with E-state index in [4.69, 9.17) is 13.8 Å². The van der Waals surface area contributed by atoms with E-state index in [2.05, 4.69) is 38.2 Å². The van der Waals surface area contributed by atoms with Crippen LogP contribution >= 0.6 is 7.82 Å². The van der Waals surface area contributed by atoms with Gasteiger partial charge in [0.1, 0.15) is 19.3 Å². The van der Waals surface area contributed by atoms with Gasteiger partial charge in [-0.25, -0.2) is 0 Å². The number of phosphoric acid groups is 1. The van der Waals surface area contributed by atoms with Crippen LogP contribution < -0.4 is 10.2 Å². The Morgan fingerprint density at radius 2 is 0.829 bits per heavy atom. The van der Waals surface area contributed by atoms with Crippen LogP contribution in [0.5, 0.6) is 0 Å². The Morgan fingerprint density at radius 3 is 1.21 bits per heavy atom. The number of hydrogen-bond donors (Lipinski definition) is 1. The Morgan fingerprint density at radius 1 is 0.486 bits per heavy atom. The third-order valence-corrected chi connectivity index (χ3v) is 14.6. The number of esters is 1. The molecule has 9 nitrogen and oxygen atoms in total. The van der Waals surface area contributed by atoms with Gasteiger partial charge in [-0.05, 0) is 57.4 Å². The van der Waals surface area contributed by atoms with Gasteiger partial charge in [0.15, 0.2) is 0 Å². The van der Waals surface area contributed by atoms with Crippen molar-refractivity contribution in [1.29, 1.82) is 0 Å². The SMILES string of the molecule is CCCCCCCC/C=C/CCCCCCCCCCCC(=O)OC(/C=C/CCCCCCCCCCCC)C(COP(=O)([O-])OCC[N+](C)(C)C)NC(=O)CCCCCCCCCCCCCCC. The number of quaternary nitrogens is 1. The predicted octanol–water partition coefficient (Wildman–Crippen LogP) is 17.5. The molecule has 0 aromatic heterocycles. The Labute approximate surface area is 434 Å². The monoisotopic (exact) mass is 1010 g/mol. The second-order valence-corrected chi connectivity index (χ2v) is 23.3. The van der Waals surface area contributed by atoms with Gasteiger partial charge in [0.2, 0.25) is 5.91 Å². The molecule has 3 atom stereocenters. The number of nitrogens with one attached hydrogen (secondary N) is 1. The Bertz CT molecular complexity index is 1250. The van der Waals surface area contributed by atoms with Crippen LogP contribution in [0.4, 0.5) is 0 Å². The summed E-state index contributed by atoms with van der Waals surface area (Å²) in [7, 11) is 1.20. The zero-order valence-electron chi connectivity index (χ0n) is 47.2. The molecule has 0 saturated heterocycles. The summed E-state index contributed by atoms with van der Waals surface area (Å²) in [5.74, 6) is -0.530. The molecule has 0 aliphatic rings. The number of hydrogen-bond acceptors (Lipinski definition) is 7. The van der Waals surface area contributed by atoms with Crippen LogP contribution in [-0.4, -0.2) is 69.4 Å². The molecule has 0 aliphatic carbocycles. The van der Waals surface area contributed by atoms with E-state index in [1.807, 2.05) is 33.3 Å². The Balaban J connectivity index is 5.24. The third kappa shape index (κ3) is 51.4. The number of ether oxygens (including phenoxy) is 1. The lowest BCUT2D eigenvalue weighted by molar-refractivity contribution is -0.870. The highest BCUT2D eigenvalue weighted by atomic mass is 31.2. The van der Waals surface area contributed by atoms with E-state index in [9.17, 15) is 19.0 Å². The number of nitrogens with zero attached hydrogens (tertiary/aromatic N) is 1. The highest BCUT2D eigenvalue weighted by Gasteiger charge is 2.27. The van der Waals surface area contributed by atoms with E-state index in [1.54, 1.807) is 0 Å². The van der Waals surface area contributed by atoms with Gasteiger partial charge >= 0.3 is 5.97 Å². The number of rotatable bonds is 55. The summed E-state index contributed by atoms with van der Waals surface area (Å²) in [6, 6.07) is -0.882. The van der Waals surface area contributed by atoms with Crippen molar-refractivity contribution in [3.05, 3.63) is 24.3 Å². The van der Waals surface area contributed by atoms with Crippen molar-refractivity contribution in [3.63, 3.8) is 0 Å². The molecule has 0 saturated carbocycles. The lowest BCUT2D eigenvalue weighted by Gasteiger charge is -2.30. The molecule has 0 heterocycles. The number of unbranched alkanes of at least 4 members (excludes halogenated alkanes) is 37. The maximum Gasteiger partial charge on any atom is 0.306 e. The van der Waals surface area contributed by atoms with Gasteiger partial charge in [-0.3, -0.25) is 14.2 Å². The van der Waals surface area contributed by atoms with E-state index < -0.39 is 20.0 Å². The van der Waals surface area contributed by atoms with Gasteiger partial charge < -0.3 is 28.5 Å². The molecule has 414 valence electrons. The maximum atomic E-state index is 13.5. The number of amides is 1. The Hall–Kier alpha value is -1.51. The lowest BCUT2D eigenvalue weighted by Crippen LogP contribution is -2.47. The minimum Gasteiger partial charge on any atom is -0.756 e. The molecule has 1 N–H and O–H groups in total. The lowest BCUT2D eigenvalue weighted by atomic mass is 10.0. The molecule has 0 aliphatic heterocycles. The van der Waals surface area contributed by atoms with Gasteiger partial charge in [0.05, 0.1) is 33.8 Å². The number of carbonyl (C=O) groups is 2. The summed E-state index contributed by atoms with van der Waals surface area (Å²) in [6.45, 7) is 6.86. The van der Waals surface area contributed by atoms with Crippen LogP contribution in [0.1, 0.15) is 297 Å². The standard InChI is InChI=1S/C60H117N2O7P/c1-7-10-13-16-19-22-25-28-29-30-31-32-33-35-38-41-44-47-50-53-60(64)69-58(51-48-45-42-39-36-27-24-21-18-15-12-9-3)57(56-68-70(65,66)67-55-54-62(4,5)6)61-59(63)52-49-46-43-40-37-34-26-23-20-17-14-11-8-2/h28-29,48,51,57-58H,7-27,30-47,49-50,52-56H2,1-6H3,(H-,61,63,65,66)/b29-28+,51-48+. The second-order valence-electron chi connectivity index (χ2n) is 21.9. The number of carbonyl (C=O) groups excluding carboxylic acids is 2. The first-order valence-corrected chi connectivity index (χ1v) is 31.6. The van der Waals surface area contributed by atoms with Gasteiger partial charge in [-0.1, -0.05) is 251 Å². The number of likely N-dealkylation sites (N-methyl/N-ethyl adjacent to an activating group) is 1. The van der Waals surface area contributed by atoms with Crippen LogP contribution in [0.2, 0.25) is 0 Å². The molecule has 0 spiro atoms. The summed E-state index contributed by atoms with van der Waals surface area (Å²) >= 11 is 0. The van der Waals surface area contributed by atoms with Crippen molar-refractivity contribution in [2.45, 2.75) is 309 Å². The normalized spacial score (nSPS) is 13.9. The smallest absolute Gasteiger partial charge is 0.306 e. The summed E-state index contributed by atoms with van der Waals surface area (Å²) in [6.07, 6.45) is 58.5. The first-order chi connectivity index (χ1) is 33.9. The molecule has 10 heteroatoms. The predicted molar refractivity (Wildman–Crippen MR) is 298 cm³/mol. The molecule has 0 fully saturated rings. The molecule has 0 rings (SSSR count). The average Bonchev–Trinajstić information content (AvgIpc) is 3.32. The summed E-state index contributed by atoms with van der Waals surface area (Å²) in [5.41, 5.74) is 0. The number of phosphoric ester groups is 1. The third-order valence-electron chi connectivity index (χ3n) is 13.6. The summed E-state index contributed by atoms with van der Waals surface area (Å²) in [5, 5.41) is 3.03. The molecule has 0 bridgehead atoms. The van der Waals surface area contributed by atoms with Gasteiger partial charge in [-0.15, -0.1) is 0 Å². The van der Waals surface area contributed by atoms with Crippen molar-refractivity contribution < 1.29 is 37.3 Å². The molecule has 0 aromatic rings. The van der Waals surface area contributed by atoms with Crippen molar-refractivity contribution in [1.82, 2.24) is 5.32 Å². The van der Waals surface area contributed by atoms with E-state index >= 15 is 0 Å². The van der Waals surface area contributed by atoms with Crippen LogP contribution in [-0.2, 0) is 27.9 Å². The van der Waals surface area contributed by atoms with E-state index in [0.29, 0.717) is 17.4 Å². The van der Waals surface area contributed by atoms with Gasteiger partial charge in [0, 0.05) is 12.8 Å². The molecule has 1 amide bonds. The maximum absolute atomic E-state index is 13.5. The number of allylic oxidation sites excluding steroid dienone is 3. The quantitative estimate of drug-likeness (QED) is 0.0212. The van der Waals surface area contributed by atoms with Gasteiger partial charge in [0.25, 0.3) is 7.82 Å². The van der Waals surface area contributed by atoms with E-state index in [1.165, 1.54) is 205 Å². The first-order valence-electron chi connectivity index (χ1n) is 30.1. The minimum atomic E-state index is -4.69. The van der Waals surface area contributed by atoms with Gasteiger partial charge in [-0.2, -0.15) is 0 Å². The highest BCUT2D eigenvalue weighted by Crippen LogP contribution is 2.38. The van der Waals surface area contributed by atoms with E-state index in [-0.39, 0.29) is 31.5 Å². The van der Waals surface area contributed by atoms with Crippen molar-refractivity contribution in [2.24, 2.45) is 0 Å². The molecular weight excluding hydrogens is 892 g/mol. The average molecular weight is 1010 g/mol. The first kappa shape index (κ1) is 68.5.